The Morgan fingerprint density at radius 3 is 2.75 bits per heavy atom. The average Bonchev–Trinajstić information content (AvgIpc) is 2.72. The molecular formula is C13H17NO5S. The molecule has 1 saturated carbocycles. The molecule has 3 N–H and O–H groups in total. The molecule has 2 atom stereocenters. The lowest BCUT2D eigenvalue weighted by Crippen LogP contribution is -2.46. The molecule has 0 aliphatic heterocycles. The maximum Gasteiger partial charge on any atom is 0.323 e. The van der Waals surface area contributed by atoms with E-state index in [2.05, 4.69) is 0 Å². The fourth-order valence-corrected chi connectivity index (χ4v) is 2.95. The summed E-state index contributed by atoms with van der Waals surface area (Å²) in [7, 11) is -3.29. The first-order valence-corrected chi connectivity index (χ1v) is 8.09. The van der Waals surface area contributed by atoms with E-state index in [1.165, 1.54) is 12.1 Å². The van der Waals surface area contributed by atoms with Gasteiger partial charge in [0.25, 0.3) is 0 Å². The van der Waals surface area contributed by atoms with Gasteiger partial charge in [0.1, 0.15) is 17.4 Å². The van der Waals surface area contributed by atoms with Gasteiger partial charge in [0.2, 0.25) is 0 Å². The van der Waals surface area contributed by atoms with Crippen molar-refractivity contribution >= 4 is 15.8 Å². The fourth-order valence-electron chi connectivity index (χ4n) is 2.29. The predicted octanol–water partition coefficient (Wildman–Crippen LogP) is 0.803. The highest BCUT2D eigenvalue weighted by Gasteiger charge is 2.43. The molecule has 2 rings (SSSR count). The summed E-state index contributed by atoms with van der Waals surface area (Å²) in [6.45, 7) is 0. The van der Waals surface area contributed by atoms with E-state index < -0.39 is 21.3 Å². The van der Waals surface area contributed by atoms with Gasteiger partial charge in [0, 0.05) is 12.7 Å². The van der Waals surface area contributed by atoms with Crippen molar-refractivity contribution in [3.8, 4) is 5.75 Å². The van der Waals surface area contributed by atoms with E-state index in [0.717, 1.165) is 6.26 Å². The second kappa shape index (κ2) is 5.06. The smallest absolute Gasteiger partial charge is 0.323 e. The van der Waals surface area contributed by atoms with Crippen LogP contribution in [0.15, 0.2) is 29.2 Å². The molecule has 0 radical (unpaired) electrons. The minimum absolute atomic E-state index is 0.172. The topological polar surface area (TPSA) is 107 Å². The number of nitrogens with two attached hydrogens (primary N) is 1. The number of carbonyl (C=O) groups is 1. The lowest BCUT2D eigenvalue weighted by molar-refractivity contribution is -0.143. The molecule has 2 unspecified atom stereocenters. The summed E-state index contributed by atoms with van der Waals surface area (Å²) >= 11 is 0. The van der Waals surface area contributed by atoms with Gasteiger partial charge in [0.05, 0.1) is 4.90 Å². The van der Waals surface area contributed by atoms with Crippen molar-refractivity contribution in [2.24, 2.45) is 5.73 Å². The first-order chi connectivity index (χ1) is 9.21. The Labute approximate surface area is 117 Å². The normalized spacial score (nSPS) is 26.4. The molecule has 0 amide bonds. The largest absolute Gasteiger partial charge is 0.490 e. The molecule has 1 fully saturated rings. The molecule has 0 aromatic heterocycles. The lowest BCUT2D eigenvalue weighted by atomic mass is 10.00. The van der Waals surface area contributed by atoms with Crippen molar-refractivity contribution in [3.63, 3.8) is 0 Å². The summed E-state index contributed by atoms with van der Waals surface area (Å²) in [5.74, 6) is -0.624. The van der Waals surface area contributed by atoms with Crippen molar-refractivity contribution in [1.82, 2.24) is 0 Å². The van der Waals surface area contributed by atoms with Crippen molar-refractivity contribution in [2.45, 2.75) is 35.8 Å². The number of aliphatic carboxylic acids is 1. The van der Waals surface area contributed by atoms with Crippen molar-refractivity contribution < 1.29 is 23.1 Å². The van der Waals surface area contributed by atoms with Crippen LogP contribution < -0.4 is 10.5 Å². The van der Waals surface area contributed by atoms with Crippen LogP contribution in [0.5, 0.6) is 5.75 Å². The lowest BCUT2D eigenvalue weighted by Gasteiger charge is -2.19. The molecule has 1 aromatic carbocycles. The van der Waals surface area contributed by atoms with Crippen LogP contribution in [0.4, 0.5) is 0 Å². The fraction of sp³-hybridized carbons (Fsp3) is 0.462. The van der Waals surface area contributed by atoms with E-state index in [4.69, 9.17) is 15.6 Å². The summed E-state index contributed by atoms with van der Waals surface area (Å²) in [5, 5.41) is 9.05. The van der Waals surface area contributed by atoms with E-state index in [-0.39, 0.29) is 17.4 Å². The Morgan fingerprint density at radius 2 is 2.20 bits per heavy atom. The highest BCUT2D eigenvalue weighted by atomic mass is 32.2. The van der Waals surface area contributed by atoms with Gasteiger partial charge in [-0.3, -0.25) is 4.79 Å². The molecule has 0 saturated heterocycles. The van der Waals surface area contributed by atoms with E-state index in [1.54, 1.807) is 12.1 Å². The van der Waals surface area contributed by atoms with E-state index >= 15 is 0 Å². The molecular weight excluding hydrogens is 282 g/mol. The molecule has 7 heteroatoms. The molecule has 1 aliphatic rings. The number of carboxylic acids is 1. The maximum absolute atomic E-state index is 11.5. The SMILES string of the molecule is CS(=O)(=O)c1cccc(OC2CCC(N)(C(=O)O)C2)c1. The van der Waals surface area contributed by atoms with Gasteiger partial charge in [-0.05, 0) is 31.0 Å². The van der Waals surface area contributed by atoms with E-state index in [1.807, 2.05) is 0 Å². The molecule has 110 valence electrons. The zero-order valence-corrected chi connectivity index (χ0v) is 11.9. The van der Waals surface area contributed by atoms with E-state index in [0.29, 0.717) is 18.6 Å². The highest BCUT2D eigenvalue weighted by Crippen LogP contribution is 2.31. The molecule has 1 aliphatic carbocycles. The van der Waals surface area contributed by atoms with E-state index in [9.17, 15) is 13.2 Å². The van der Waals surface area contributed by atoms with Gasteiger partial charge in [-0.15, -0.1) is 0 Å². The van der Waals surface area contributed by atoms with Gasteiger partial charge in [-0.25, -0.2) is 8.42 Å². The van der Waals surface area contributed by atoms with Gasteiger partial charge in [-0.1, -0.05) is 6.07 Å². The first kappa shape index (κ1) is 14.8. The van der Waals surface area contributed by atoms with Crippen LogP contribution in [-0.2, 0) is 14.6 Å². The average molecular weight is 299 g/mol. The van der Waals surface area contributed by atoms with Crippen molar-refractivity contribution in [3.05, 3.63) is 24.3 Å². The Hall–Kier alpha value is -1.60. The van der Waals surface area contributed by atoms with Crippen LogP contribution in [0.1, 0.15) is 19.3 Å². The van der Waals surface area contributed by atoms with Crippen LogP contribution >= 0.6 is 0 Å². The van der Waals surface area contributed by atoms with Crippen LogP contribution in [0.25, 0.3) is 0 Å². The van der Waals surface area contributed by atoms with Gasteiger partial charge < -0.3 is 15.6 Å². The second-order valence-electron chi connectivity index (χ2n) is 5.19. The molecule has 0 bridgehead atoms. The van der Waals surface area contributed by atoms with Gasteiger partial charge in [-0.2, -0.15) is 0 Å². The first-order valence-electron chi connectivity index (χ1n) is 6.20. The number of carboxylic acid groups (broad SMARTS) is 1. The summed E-state index contributed by atoms with van der Waals surface area (Å²) < 4.78 is 28.6. The highest BCUT2D eigenvalue weighted by molar-refractivity contribution is 7.90. The maximum atomic E-state index is 11.5. The number of benzene rings is 1. The third kappa shape index (κ3) is 3.10. The molecule has 20 heavy (non-hydrogen) atoms. The standard InChI is InChI=1S/C13H17NO5S/c1-20(17,18)11-4-2-3-9(7-11)19-10-5-6-13(14,8-10)12(15)16/h2-4,7,10H,5-6,8,14H2,1H3,(H,15,16). The molecule has 0 spiro atoms. The van der Waals surface area contributed by atoms with Crippen LogP contribution in [0.2, 0.25) is 0 Å². The zero-order valence-electron chi connectivity index (χ0n) is 11.1. The summed E-state index contributed by atoms with van der Waals surface area (Å²) in [6, 6.07) is 6.16. The third-order valence-corrected chi connectivity index (χ3v) is 4.58. The Kier molecular flexibility index (Phi) is 3.75. The number of sulfone groups is 1. The Morgan fingerprint density at radius 1 is 1.50 bits per heavy atom. The van der Waals surface area contributed by atoms with Crippen molar-refractivity contribution in [1.29, 1.82) is 0 Å². The Bertz CT molecular complexity index is 627. The summed E-state index contributed by atoms with van der Waals surface area (Å²) in [5.41, 5.74) is 4.52. The van der Waals surface area contributed by atoms with Gasteiger partial charge >= 0.3 is 5.97 Å². The van der Waals surface area contributed by atoms with Gasteiger partial charge in [0.15, 0.2) is 9.84 Å². The third-order valence-electron chi connectivity index (χ3n) is 3.47. The quantitative estimate of drug-likeness (QED) is 0.851. The number of hydrogen-bond donors (Lipinski definition) is 2. The predicted molar refractivity (Wildman–Crippen MR) is 72.4 cm³/mol. The molecule has 1 aromatic rings. The number of ether oxygens (including phenoxy) is 1. The summed E-state index contributed by atoms with van der Waals surface area (Å²) in [4.78, 5) is 11.2. The molecule has 0 heterocycles. The second-order valence-corrected chi connectivity index (χ2v) is 7.21. The van der Waals surface area contributed by atoms with Crippen molar-refractivity contribution in [2.75, 3.05) is 6.26 Å². The Balaban J connectivity index is 2.11. The van der Waals surface area contributed by atoms with Crippen LogP contribution in [0, 0.1) is 0 Å². The summed E-state index contributed by atoms with van der Waals surface area (Å²) in [6.07, 6.45) is 1.90. The number of hydrogen-bond acceptors (Lipinski definition) is 5. The minimum atomic E-state index is -3.29. The van der Waals surface area contributed by atoms with Crippen LogP contribution in [-0.4, -0.2) is 37.4 Å². The minimum Gasteiger partial charge on any atom is -0.490 e. The molecule has 6 nitrogen and oxygen atoms in total. The number of rotatable bonds is 4. The monoisotopic (exact) mass is 299 g/mol. The zero-order chi connectivity index (χ0) is 15.0. The van der Waals surface area contributed by atoms with Crippen LogP contribution in [0.3, 0.4) is 0 Å².